The van der Waals surface area contributed by atoms with Gasteiger partial charge in [0.2, 0.25) is 10.0 Å². The van der Waals surface area contributed by atoms with E-state index in [0.717, 1.165) is 32.2 Å². The lowest BCUT2D eigenvalue weighted by Gasteiger charge is -2.39. The van der Waals surface area contributed by atoms with Crippen LogP contribution in [0.3, 0.4) is 0 Å². The van der Waals surface area contributed by atoms with Crippen molar-refractivity contribution in [3.05, 3.63) is 64.2 Å². The maximum atomic E-state index is 12.6. The second kappa shape index (κ2) is 8.89. The van der Waals surface area contributed by atoms with Gasteiger partial charge in [0, 0.05) is 56.1 Å². The van der Waals surface area contributed by atoms with Crippen LogP contribution in [0.25, 0.3) is 0 Å². The molecule has 1 fully saturated rings. The number of nitro benzene ring substituents is 1. The summed E-state index contributed by atoms with van der Waals surface area (Å²) in [6.07, 6.45) is 0. The molecule has 0 spiro atoms. The summed E-state index contributed by atoms with van der Waals surface area (Å²) in [4.78, 5) is 15.0. The number of benzene rings is 2. The summed E-state index contributed by atoms with van der Waals surface area (Å²) >= 11 is 0. The fraction of sp³-hybridized carbons (Fsp3) is 0.400. The third-order valence-corrected chi connectivity index (χ3v) is 6.74. The molecule has 9 heteroatoms. The molecule has 0 radical (unpaired) electrons. The average molecular weight is 419 g/mol. The molecule has 0 aromatic heterocycles. The van der Waals surface area contributed by atoms with Gasteiger partial charge in [-0.3, -0.25) is 15.0 Å². The summed E-state index contributed by atoms with van der Waals surface area (Å²) in [7, 11) is -3.81. The Hall–Kier alpha value is -2.49. The summed E-state index contributed by atoms with van der Waals surface area (Å²) in [6, 6.07) is 14.2. The van der Waals surface area contributed by atoms with Gasteiger partial charge in [0.05, 0.1) is 9.82 Å². The van der Waals surface area contributed by atoms with Crippen LogP contribution < -0.4 is 9.62 Å². The normalized spacial score (nSPS) is 16.6. The minimum Gasteiger partial charge on any atom is -0.369 e. The van der Waals surface area contributed by atoms with Crippen LogP contribution in [0.1, 0.15) is 12.5 Å². The molecule has 0 amide bonds. The van der Waals surface area contributed by atoms with Crippen LogP contribution in [0, 0.1) is 17.0 Å². The SMILES string of the molecule is Cc1ccc(S(=O)(=O)NCC(C)N2CCN(c3ccccc3)CC2)cc1[N+](=O)[O-]. The van der Waals surface area contributed by atoms with E-state index in [4.69, 9.17) is 0 Å². The van der Waals surface area contributed by atoms with Crippen molar-refractivity contribution < 1.29 is 13.3 Å². The first kappa shape index (κ1) is 21.2. The van der Waals surface area contributed by atoms with Gasteiger partial charge in [-0.05, 0) is 32.0 Å². The molecule has 8 nitrogen and oxygen atoms in total. The number of hydrogen-bond donors (Lipinski definition) is 1. The first-order valence-electron chi connectivity index (χ1n) is 9.56. The second-order valence-corrected chi connectivity index (χ2v) is 9.03. The summed E-state index contributed by atoms with van der Waals surface area (Å²) in [5.41, 5.74) is 1.43. The molecule has 1 aliphatic rings. The highest BCUT2D eigenvalue weighted by Gasteiger charge is 2.24. The van der Waals surface area contributed by atoms with E-state index < -0.39 is 14.9 Å². The van der Waals surface area contributed by atoms with E-state index in [9.17, 15) is 18.5 Å². The maximum Gasteiger partial charge on any atom is 0.273 e. The minimum absolute atomic E-state index is 0.0168. The molecule has 29 heavy (non-hydrogen) atoms. The molecule has 1 aliphatic heterocycles. The van der Waals surface area contributed by atoms with Crippen LogP contribution in [0.2, 0.25) is 0 Å². The standard InChI is InChI=1S/C20H26N4O4S/c1-16-8-9-19(14-20(16)24(25)26)29(27,28)21-15-17(2)22-10-12-23(13-11-22)18-6-4-3-5-7-18/h3-9,14,17,21H,10-13,15H2,1-2H3. The Morgan fingerprint density at radius 1 is 1.10 bits per heavy atom. The molecule has 1 N–H and O–H groups in total. The predicted molar refractivity (Wildman–Crippen MR) is 113 cm³/mol. The van der Waals surface area contributed by atoms with Gasteiger partial charge >= 0.3 is 0 Å². The van der Waals surface area contributed by atoms with Crippen LogP contribution >= 0.6 is 0 Å². The van der Waals surface area contributed by atoms with E-state index in [0.29, 0.717) is 5.56 Å². The molecule has 2 aromatic rings. The van der Waals surface area contributed by atoms with Crippen LogP contribution in [-0.4, -0.2) is 57.0 Å². The van der Waals surface area contributed by atoms with Crippen LogP contribution in [0.5, 0.6) is 0 Å². The third kappa shape index (κ3) is 5.11. The molecule has 0 saturated carbocycles. The van der Waals surface area contributed by atoms with Crippen molar-refractivity contribution in [2.45, 2.75) is 24.8 Å². The van der Waals surface area contributed by atoms with E-state index in [1.165, 1.54) is 17.8 Å². The number of para-hydroxylation sites is 1. The number of sulfonamides is 1. The average Bonchev–Trinajstić information content (AvgIpc) is 2.73. The molecular formula is C20H26N4O4S. The van der Waals surface area contributed by atoms with E-state index in [2.05, 4.69) is 26.7 Å². The molecule has 1 atom stereocenters. The predicted octanol–water partition coefficient (Wildman–Crippen LogP) is 2.39. The van der Waals surface area contributed by atoms with Crippen molar-refractivity contribution in [2.75, 3.05) is 37.6 Å². The van der Waals surface area contributed by atoms with E-state index >= 15 is 0 Å². The van der Waals surface area contributed by atoms with Crippen LogP contribution in [0.15, 0.2) is 53.4 Å². The molecule has 0 bridgehead atoms. The zero-order valence-corrected chi connectivity index (χ0v) is 17.4. The van der Waals surface area contributed by atoms with Gasteiger partial charge in [-0.25, -0.2) is 13.1 Å². The molecule has 156 valence electrons. The van der Waals surface area contributed by atoms with E-state index in [-0.39, 0.29) is 23.2 Å². The summed E-state index contributed by atoms with van der Waals surface area (Å²) in [5, 5.41) is 11.1. The zero-order valence-electron chi connectivity index (χ0n) is 16.6. The van der Waals surface area contributed by atoms with Gasteiger partial charge < -0.3 is 4.90 Å². The van der Waals surface area contributed by atoms with Crippen molar-refractivity contribution in [3.63, 3.8) is 0 Å². The molecule has 1 saturated heterocycles. The lowest BCUT2D eigenvalue weighted by atomic mass is 10.2. The van der Waals surface area contributed by atoms with Gasteiger partial charge in [0.1, 0.15) is 0 Å². The number of piperazine rings is 1. The maximum absolute atomic E-state index is 12.6. The number of anilines is 1. The Labute approximate surface area is 171 Å². The number of aryl methyl sites for hydroxylation is 1. The van der Waals surface area contributed by atoms with E-state index in [1.807, 2.05) is 25.1 Å². The number of rotatable bonds is 7. The van der Waals surface area contributed by atoms with Crippen molar-refractivity contribution in [1.29, 1.82) is 0 Å². The lowest BCUT2D eigenvalue weighted by Crippen LogP contribution is -2.52. The van der Waals surface area contributed by atoms with Gasteiger partial charge in [-0.15, -0.1) is 0 Å². The summed E-state index contributed by atoms with van der Waals surface area (Å²) in [6.45, 7) is 7.25. The van der Waals surface area contributed by atoms with Gasteiger partial charge in [-0.1, -0.05) is 24.3 Å². The first-order valence-corrected chi connectivity index (χ1v) is 11.0. The Bertz CT molecular complexity index is 958. The number of hydrogen-bond acceptors (Lipinski definition) is 6. The van der Waals surface area contributed by atoms with Gasteiger partial charge in [-0.2, -0.15) is 0 Å². The summed E-state index contributed by atoms with van der Waals surface area (Å²) in [5.74, 6) is 0. The molecule has 2 aromatic carbocycles. The van der Waals surface area contributed by atoms with Gasteiger partial charge in [0.25, 0.3) is 5.69 Å². The molecule has 1 unspecified atom stereocenters. The van der Waals surface area contributed by atoms with Crippen molar-refractivity contribution >= 4 is 21.4 Å². The Morgan fingerprint density at radius 2 is 1.76 bits per heavy atom. The highest BCUT2D eigenvalue weighted by molar-refractivity contribution is 7.89. The highest BCUT2D eigenvalue weighted by Crippen LogP contribution is 2.22. The second-order valence-electron chi connectivity index (χ2n) is 7.26. The third-order valence-electron chi connectivity index (χ3n) is 5.32. The molecular weight excluding hydrogens is 392 g/mol. The van der Waals surface area contributed by atoms with Crippen molar-refractivity contribution in [3.8, 4) is 0 Å². The molecule has 1 heterocycles. The topological polar surface area (TPSA) is 95.8 Å². The van der Waals surface area contributed by atoms with Crippen molar-refractivity contribution in [2.24, 2.45) is 0 Å². The monoisotopic (exact) mass is 418 g/mol. The zero-order chi connectivity index (χ0) is 21.0. The Balaban J connectivity index is 1.57. The quantitative estimate of drug-likeness (QED) is 0.548. The first-order chi connectivity index (χ1) is 13.8. The number of nitrogens with zero attached hydrogens (tertiary/aromatic N) is 3. The minimum atomic E-state index is -3.81. The fourth-order valence-electron chi connectivity index (χ4n) is 3.46. The lowest BCUT2D eigenvalue weighted by molar-refractivity contribution is -0.385. The van der Waals surface area contributed by atoms with Crippen LogP contribution in [0.4, 0.5) is 11.4 Å². The largest absolute Gasteiger partial charge is 0.369 e. The number of nitro groups is 1. The van der Waals surface area contributed by atoms with Gasteiger partial charge in [0.15, 0.2) is 0 Å². The van der Waals surface area contributed by atoms with Crippen LogP contribution in [-0.2, 0) is 10.0 Å². The fourth-order valence-corrected chi connectivity index (χ4v) is 4.60. The highest BCUT2D eigenvalue weighted by atomic mass is 32.2. The number of nitrogens with one attached hydrogen (secondary N) is 1. The summed E-state index contributed by atoms with van der Waals surface area (Å²) < 4.78 is 27.8. The van der Waals surface area contributed by atoms with Crippen molar-refractivity contribution in [1.82, 2.24) is 9.62 Å². The van der Waals surface area contributed by atoms with E-state index in [1.54, 1.807) is 6.92 Å². The molecule has 0 aliphatic carbocycles. The smallest absolute Gasteiger partial charge is 0.273 e. The Morgan fingerprint density at radius 3 is 2.38 bits per heavy atom. The Kier molecular flexibility index (Phi) is 6.51. The molecule has 3 rings (SSSR count).